The zero-order valence-electron chi connectivity index (χ0n) is 20.0. The first-order valence-electron chi connectivity index (χ1n) is 11.7. The van der Waals surface area contributed by atoms with Gasteiger partial charge in [0.25, 0.3) is 5.91 Å². The Morgan fingerprint density at radius 3 is 2.36 bits per heavy atom. The summed E-state index contributed by atoms with van der Waals surface area (Å²) < 4.78 is 16.2. The van der Waals surface area contributed by atoms with E-state index in [1.165, 1.54) is 0 Å². The van der Waals surface area contributed by atoms with E-state index in [2.05, 4.69) is 5.32 Å². The Balaban J connectivity index is 1.39. The number of nitrogens with one attached hydrogen (secondary N) is 1. The van der Waals surface area contributed by atoms with E-state index < -0.39 is 18.0 Å². The first-order valence-corrected chi connectivity index (χ1v) is 11.7. The summed E-state index contributed by atoms with van der Waals surface area (Å²) in [7, 11) is 1.59. The van der Waals surface area contributed by atoms with Crippen molar-refractivity contribution in [3.05, 3.63) is 95.6 Å². The molecule has 8 heteroatoms. The second kappa shape index (κ2) is 11.9. The molecule has 0 radical (unpaired) electrons. The van der Waals surface area contributed by atoms with Crippen LogP contribution in [0.2, 0.25) is 0 Å². The fraction of sp³-hybridized carbons (Fsp3) is 0.250. The second-order valence-corrected chi connectivity index (χ2v) is 8.35. The number of hydrogen-bond donors (Lipinski definition) is 1. The first kappa shape index (κ1) is 24.8. The molecule has 0 aromatic heterocycles. The second-order valence-electron chi connectivity index (χ2n) is 8.35. The van der Waals surface area contributed by atoms with Gasteiger partial charge in [0.2, 0.25) is 5.91 Å². The van der Waals surface area contributed by atoms with E-state index in [1.807, 2.05) is 78.9 Å². The maximum Gasteiger partial charge on any atom is 0.417 e. The molecular weight excluding hydrogens is 460 g/mol. The molecule has 186 valence electrons. The smallest absolute Gasteiger partial charge is 0.417 e. The van der Waals surface area contributed by atoms with Gasteiger partial charge in [0, 0.05) is 6.42 Å². The van der Waals surface area contributed by atoms with Crippen LogP contribution in [0.4, 0.5) is 4.79 Å². The van der Waals surface area contributed by atoms with Crippen LogP contribution in [-0.2, 0) is 27.4 Å². The van der Waals surface area contributed by atoms with Gasteiger partial charge in [0.15, 0.2) is 18.1 Å². The van der Waals surface area contributed by atoms with Gasteiger partial charge in [-0.05, 0) is 35.2 Å². The molecular formula is C28H28N2O6. The number of cyclic esters (lactones) is 1. The van der Waals surface area contributed by atoms with Crippen molar-refractivity contribution in [3.8, 4) is 11.5 Å². The fourth-order valence-corrected chi connectivity index (χ4v) is 3.91. The van der Waals surface area contributed by atoms with Crippen LogP contribution in [0.25, 0.3) is 0 Å². The standard InChI is InChI=1S/C28H28N2O6/c1-34-24-14-12-20(16-25(24)35-18-21-8-4-2-5-9-21)13-15-26(31)29-23(22-10-6-3-7-11-22)17-30-27(32)19-36-28(30)33/h2-12,14,16,23H,13,15,17-19H2,1H3,(H,29,31). The summed E-state index contributed by atoms with van der Waals surface area (Å²) >= 11 is 0. The fourth-order valence-electron chi connectivity index (χ4n) is 3.91. The molecule has 3 aromatic rings. The van der Waals surface area contributed by atoms with Crippen LogP contribution in [0.5, 0.6) is 11.5 Å². The normalized spacial score (nSPS) is 13.8. The van der Waals surface area contributed by atoms with Crippen molar-refractivity contribution in [2.75, 3.05) is 20.3 Å². The average molecular weight is 489 g/mol. The molecule has 1 heterocycles. The predicted octanol–water partition coefficient (Wildman–Crippen LogP) is 4.04. The highest BCUT2D eigenvalue weighted by Gasteiger charge is 2.33. The van der Waals surface area contributed by atoms with Crippen molar-refractivity contribution >= 4 is 17.9 Å². The summed E-state index contributed by atoms with van der Waals surface area (Å²) in [4.78, 5) is 37.8. The molecule has 0 aliphatic carbocycles. The van der Waals surface area contributed by atoms with Crippen molar-refractivity contribution in [3.63, 3.8) is 0 Å². The lowest BCUT2D eigenvalue weighted by molar-refractivity contribution is -0.127. The molecule has 1 saturated heterocycles. The number of hydrogen-bond acceptors (Lipinski definition) is 6. The Bertz CT molecular complexity index is 1180. The number of aryl methyl sites for hydroxylation is 1. The number of carbonyl (C=O) groups excluding carboxylic acids is 3. The van der Waals surface area contributed by atoms with Gasteiger partial charge in [0.05, 0.1) is 19.7 Å². The number of imide groups is 1. The summed E-state index contributed by atoms with van der Waals surface area (Å²) in [5.41, 5.74) is 2.75. The third-order valence-corrected chi connectivity index (χ3v) is 5.85. The van der Waals surface area contributed by atoms with Gasteiger partial charge >= 0.3 is 6.09 Å². The monoisotopic (exact) mass is 488 g/mol. The van der Waals surface area contributed by atoms with Crippen LogP contribution in [0.3, 0.4) is 0 Å². The zero-order chi connectivity index (χ0) is 25.3. The molecule has 3 aromatic carbocycles. The molecule has 1 unspecified atom stereocenters. The third-order valence-electron chi connectivity index (χ3n) is 5.85. The minimum atomic E-state index is -0.698. The molecule has 8 nitrogen and oxygen atoms in total. The zero-order valence-corrected chi connectivity index (χ0v) is 20.0. The summed E-state index contributed by atoms with van der Waals surface area (Å²) in [5.74, 6) is 0.598. The van der Waals surface area contributed by atoms with Crippen LogP contribution in [0.15, 0.2) is 78.9 Å². The van der Waals surface area contributed by atoms with Crippen molar-refractivity contribution < 1.29 is 28.6 Å². The maximum atomic E-state index is 12.9. The van der Waals surface area contributed by atoms with Gasteiger partial charge in [-0.3, -0.25) is 9.59 Å². The highest BCUT2D eigenvalue weighted by atomic mass is 16.6. The summed E-state index contributed by atoms with van der Waals surface area (Å²) in [5, 5.41) is 2.96. The molecule has 0 saturated carbocycles. The first-order chi connectivity index (χ1) is 17.5. The van der Waals surface area contributed by atoms with Crippen molar-refractivity contribution in [2.24, 2.45) is 0 Å². The molecule has 1 aliphatic heterocycles. The third kappa shape index (κ3) is 6.41. The van der Waals surface area contributed by atoms with E-state index in [1.54, 1.807) is 7.11 Å². The van der Waals surface area contributed by atoms with Gasteiger partial charge < -0.3 is 19.5 Å². The molecule has 3 amide bonds. The minimum absolute atomic E-state index is 0.00737. The topological polar surface area (TPSA) is 94.2 Å². The Hall–Kier alpha value is -4.33. The molecule has 1 N–H and O–H groups in total. The lowest BCUT2D eigenvalue weighted by atomic mass is 10.0. The molecule has 4 rings (SSSR count). The lowest BCUT2D eigenvalue weighted by Gasteiger charge is -2.23. The Kier molecular flexibility index (Phi) is 8.18. The molecule has 36 heavy (non-hydrogen) atoms. The Morgan fingerprint density at radius 1 is 0.972 bits per heavy atom. The van der Waals surface area contributed by atoms with E-state index in [0.717, 1.165) is 21.6 Å². The van der Waals surface area contributed by atoms with E-state index in [-0.39, 0.29) is 25.5 Å². The quantitative estimate of drug-likeness (QED) is 0.438. The van der Waals surface area contributed by atoms with E-state index in [9.17, 15) is 14.4 Å². The number of rotatable bonds is 11. The largest absolute Gasteiger partial charge is 0.493 e. The van der Waals surface area contributed by atoms with Crippen LogP contribution in [-0.4, -0.2) is 43.1 Å². The lowest BCUT2D eigenvalue weighted by Crippen LogP contribution is -2.40. The number of ether oxygens (including phenoxy) is 3. The van der Waals surface area contributed by atoms with Gasteiger partial charge in [-0.15, -0.1) is 0 Å². The highest BCUT2D eigenvalue weighted by molar-refractivity contribution is 5.97. The van der Waals surface area contributed by atoms with Crippen molar-refractivity contribution in [1.82, 2.24) is 10.2 Å². The predicted molar refractivity (Wildman–Crippen MR) is 132 cm³/mol. The molecule has 1 aliphatic rings. The highest BCUT2D eigenvalue weighted by Crippen LogP contribution is 2.29. The van der Waals surface area contributed by atoms with Crippen molar-refractivity contribution in [2.45, 2.75) is 25.5 Å². The number of amides is 3. The van der Waals surface area contributed by atoms with E-state index in [4.69, 9.17) is 14.2 Å². The molecule has 1 atom stereocenters. The van der Waals surface area contributed by atoms with Crippen LogP contribution < -0.4 is 14.8 Å². The van der Waals surface area contributed by atoms with Gasteiger partial charge in [0.1, 0.15) is 6.61 Å². The minimum Gasteiger partial charge on any atom is -0.493 e. The molecule has 0 spiro atoms. The van der Waals surface area contributed by atoms with Crippen LogP contribution in [0, 0.1) is 0 Å². The van der Waals surface area contributed by atoms with Crippen molar-refractivity contribution in [1.29, 1.82) is 0 Å². The number of carbonyl (C=O) groups is 3. The van der Waals surface area contributed by atoms with Crippen LogP contribution in [0.1, 0.15) is 29.2 Å². The van der Waals surface area contributed by atoms with Crippen LogP contribution >= 0.6 is 0 Å². The average Bonchev–Trinajstić information content (AvgIpc) is 3.23. The summed E-state index contributed by atoms with van der Waals surface area (Å²) in [6.45, 7) is 0.130. The maximum absolute atomic E-state index is 12.9. The summed E-state index contributed by atoms with van der Waals surface area (Å²) in [6.07, 6.45) is -0.00736. The number of benzene rings is 3. The Labute approximate surface area is 209 Å². The van der Waals surface area contributed by atoms with Gasteiger partial charge in [-0.1, -0.05) is 66.7 Å². The molecule has 1 fully saturated rings. The van der Waals surface area contributed by atoms with E-state index in [0.29, 0.717) is 24.5 Å². The summed E-state index contributed by atoms with van der Waals surface area (Å²) in [6, 6.07) is 24.1. The number of methoxy groups -OCH3 is 1. The molecule has 0 bridgehead atoms. The number of nitrogens with zero attached hydrogens (tertiary/aromatic N) is 1. The SMILES string of the molecule is COc1ccc(CCC(=O)NC(CN2C(=O)COC2=O)c2ccccc2)cc1OCc1ccccc1. The Morgan fingerprint density at radius 2 is 1.69 bits per heavy atom. The van der Waals surface area contributed by atoms with Gasteiger partial charge in [-0.2, -0.15) is 0 Å². The van der Waals surface area contributed by atoms with E-state index >= 15 is 0 Å². The van der Waals surface area contributed by atoms with Gasteiger partial charge in [-0.25, -0.2) is 9.69 Å².